The maximum Gasteiger partial charge on any atom is 0.192 e. The van der Waals surface area contributed by atoms with Crippen LogP contribution in [0.1, 0.15) is 20.8 Å². The Bertz CT molecular complexity index is 255. The van der Waals surface area contributed by atoms with Crippen molar-refractivity contribution in [1.82, 2.24) is 0 Å². The van der Waals surface area contributed by atoms with Crippen molar-refractivity contribution >= 4 is 8.32 Å². The van der Waals surface area contributed by atoms with Gasteiger partial charge in [-0.1, -0.05) is 32.9 Å². The molecule has 0 fully saturated rings. The van der Waals surface area contributed by atoms with Crippen molar-refractivity contribution < 1.29 is 14.3 Å². The smallest absolute Gasteiger partial charge is 0.192 e. The van der Waals surface area contributed by atoms with Crippen molar-refractivity contribution in [2.24, 2.45) is 0 Å². The molecule has 1 aliphatic heterocycles. The average molecular weight is 244 g/mol. The molecule has 0 bridgehead atoms. The first-order chi connectivity index (χ1) is 7.24. The highest BCUT2D eigenvalue weighted by Crippen LogP contribution is 2.36. The topological polar surface area (TPSA) is 38.7 Å². The second kappa shape index (κ2) is 5.00. The maximum atomic E-state index is 9.69. The molecule has 2 atom stereocenters. The van der Waals surface area contributed by atoms with Gasteiger partial charge in [0.1, 0.15) is 12.2 Å². The normalized spacial score (nSPS) is 27.1. The van der Waals surface area contributed by atoms with Gasteiger partial charge in [0.05, 0.1) is 13.2 Å². The van der Waals surface area contributed by atoms with Crippen LogP contribution in [0, 0.1) is 0 Å². The molecule has 0 saturated carbocycles. The lowest BCUT2D eigenvalue weighted by Gasteiger charge is -2.38. The van der Waals surface area contributed by atoms with Crippen LogP contribution in [0.25, 0.3) is 0 Å². The van der Waals surface area contributed by atoms with Crippen LogP contribution >= 0.6 is 0 Å². The second-order valence-corrected chi connectivity index (χ2v) is 10.7. The number of rotatable bonds is 3. The van der Waals surface area contributed by atoms with Crippen molar-refractivity contribution in [2.75, 3.05) is 13.2 Å². The molecule has 1 aliphatic rings. The average Bonchev–Trinajstić information content (AvgIpc) is 2.15. The quantitative estimate of drug-likeness (QED) is 0.612. The molecule has 4 heteroatoms. The minimum Gasteiger partial charge on any atom is -0.414 e. The van der Waals surface area contributed by atoms with E-state index in [1.54, 1.807) is 6.08 Å². The predicted octanol–water partition coefficient (Wildman–Crippen LogP) is 2.32. The summed E-state index contributed by atoms with van der Waals surface area (Å²) in [6.45, 7) is 12.1. The van der Waals surface area contributed by atoms with Crippen LogP contribution in [0.15, 0.2) is 12.2 Å². The van der Waals surface area contributed by atoms with Crippen molar-refractivity contribution in [3.05, 3.63) is 12.2 Å². The van der Waals surface area contributed by atoms with Crippen LogP contribution in [0.5, 0.6) is 0 Å². The van der Waals surface area contributed by atoms with Gasteiger partial charge in [0.2, 0.25) is 0 Å². The molecule has 94 valence electrons. The zero-order valence-electron chi connectivity index (χ0n) is 11.0. The third kappa shape index (κ3) is 3.42. The van der Waals surface area contributed by atoms with E-state index in [0.29, 0.717) is 13.2 Å². The van der Waals surface area contributed by atoms with Gasteiger partial charge >= 0.3 is 0 Å². The zero-order chi connectivity index (χ0) is 12.4. The Morgan fingerprint density at radius 3 is 2.56 bits per heavy atom. The fourth-order valence-corrected chi connectivity index (χ4v) is 2.26. The van der Waals surface area contributed by atoms with Crippen LogP contribution < -0.4 is 0 Å². The van der Waals surface area contributed by atoms with Crippen LogP contribution in [0.3, 0.4) is 0 Å². The number of hydrogen-bond donors (Lipinski definition) is 1. The highest BCUT2D eigenvalue weighted by Gasteiger charge is 2.38. The lowest BCUT2D eigenvalue weighted by atomic mass is 10.2. The molecule has 0 aromatic rings. The van der Waals surface area contributed by atoms with Gasteiger partial charge in [0, 0.05) is 0 Å². The summed E-state index contributed by atoms with van der Waals surface area (Å²) in [5.74, 6) is 0. The van der Waals surface area contributed by atoms with E-state index in [4.69, 9.17) is 9.16 Å². The minimum absolute atomic E-state index is 0.197. The number of aliphatic hydroxyl groups excluding tert-OH is 1. The maximum absolute atomic E-state index is 9.69. The summed E-state index contributed by atoms with van der Waals surface area (Å²) in [6, 6.07) is 0. The summed E-state index contributed by atoms with van der Waals surface area (Å²) < 4.78 is 11.5. The van der Waals surface area contributed by atoms with Gasteiger partial charge in [-0.05, 0) is 18.1 Å². The van der Waals surface area contributed by atoms with Gasteiger partial charge < -0.3 is 14.3 Å². The lowest BCUT2D eigenvalue weighted by Crippen LogP contribution is -2.45. The second-order valence-electron chi connectivity index (χ2n) is 5.86. The van der Waals surface area contributed by atoms with Crippen LogP contribution in [0.4, 0.5) is 0 Å². The Kier molecular flexibility index (Phi) is 4.34. The largest absolute Gasteiger partial charge is 0.414 e. The molecule has 0 aromatic heterocycles. The fourth-order valence-electron chi connectivity index (χ4n) is 1.25. The Hall–Kier alpha value is -0.163. The number of hydrogen-bond acceptors (Lipinski definition) is 3. The summed E-state index contributed by atoms with van der Waals surface area (Å²) >= 11 is 0. The Labute approximate surface area is 99.6 Å². The van der Waals surface area contributed by atoms with Crippen molar-refractivity contribution in [3.8, 4) is 0 Å². The summed E-state index contributed by atoms with van der Waals surface area (Å²) in [6.07, 6.45) is 2.88. The van der Waals surface area contributed by atoms with Gasteiger partial charge in [0.25, 0.3) is 0 Å². The van der Waals surface area contributed by atoms with Gasteiger partial charge in [0.15, 0.2) is 8.32 Å². The molecule has 2 unspecified atom stereocenters. The van der Waals surface area contributed by atoms with E-state index < -0.39 is 14.4 Å². The van der Waals surface area contributed by atoms with Crippen LogP contribution in [-0.2, 0) is 9.16 Å². The molecule has 16 heavy (non-hydrogen) atoms. The molecule has 0 aliphatic carbocycles. The molecule has 3 nitrogen and oxygen atoms in total. The van der Waals surface area contributed by atoms with Crippen molar-refractivity contribution in [3.63, 3.8) is 0 Å². The van der Waals surface area contributed by atoms with Gasteiger partial charge in [-0.15, -0.1) is 0 Å². The first-order valence-corrected chi connectivity index (χ1v) is 8.75. The zero-order valence-corrected chi connectivity index (χ0v) is 12.0. The fraction of sp³-hybridized carbons (Fsp3) is 0.833. The Morgan fingerprint density at radius 1 is 1.44 bits per heavy atom. The SMILES string of the molecule is CC(C)(C)[Si](C)(C)OCC1OCC=CC1O. The highest BCUT2D eigenvalue weighted by atomic mass is 28.4. The molecular weight excluding hydrogens is 220 g/mol. The lowest BCUT2D eigenvalue weighted by molar-refractivity contribution is -0.0412. The molecule has 1 rings (SSSR count). The third-order valence-electron chi connectivity index (χ3n) is 3.54. The molecular formula is C12H24O3Si. The first-order valence-electron chi connectivity index (χ1n) is 5.84. The summed E-state index contributed by atoms with van der Waals surface area (Å²) in [4.78, 5) is 0. The monoisotopic (exact) mass is 244 g/mol. The van der Waals surface area contributed by atoms with E-state index >= 15 is 0 Å². The van der Waals surface area contributed by atoms with Crippen molar-refractivity contribution in [2.45, 2.75) is 51.1 Å². The van der Waals surface area contributed by atoms with E-state index in [2.05, 4.69) is 33.9 Å². The van der Waals surface area contributed by atoms with Gasteiger partial charge in [-0.2, -0.15) is 0 Å². The third-order valence-corrected chi connectivity index (χ3v) is 8.04. The van der Waals surface area contributed by atoms with Gasteiger partial charge in [-0.25, -0.2) is 0 Å². The molecule has 0 amide bonds. The van der Waals surface area contributed by atoms with E-state index in [-0.39, 0.29) is 11.1 Å². The Morgan fingerprint density at radius 2 is 2.06 bits per heavy atom. The van der Waals surface area contributed by atoms with Crippen LogP contribution in [0.2, 0.25) is 18.1 Å². The van der Waals surface area contributed by atoms with E-state index in [1.807, 2.05) is 6.08 Å². The van der Waals surface area contributed by atoms with Crippen LogP contribution in [-0.4, -0.2) is 38.8 Å². The first kappa shape index (κ1) is 13.9. The number of aliphatic hydroxyl groups is 1. The van der Waals surface area contributed by atoms with E-state index in [9.17, 15) is 5.11 Å². The predicted molar refractivity (Wildman–Crippen MR) is 68.0 cm³/mol. The molecule has 1 heterocycles. The summed E-state index contributed by atoms with van der Waals surface area (Å²) in [5, 5.41) is 9.89. The standard InChI is InChI=1S/C12H24O3Si/c1-12(2,3)16(4,5)15-9-11-10(13)7-6-8-14-11/h6-7,10-11,13H,8-9H2,1-5H3. The van der Waals surface area contributed by atoms with E-state index in [1.165, 1.54) is 0 Å². The molecule has 0 saturated heterocycles. The van der Waals surface area contributed by atoms with Gasteiger partial charge in [-0.3, -0.25) is 0 Å². The Balaban J connectivity index is 2.48. The number of ether oxygens (including phenoxy) is 1. The molecule has 0 radical (unpaired) electrons. The van der Waals surface area contributed by atoms with E-state index in [0.717, 1.165) is 0 Å². The molecule has 1 N–H and O–H groups in total. The molecule has 0 spiro atoms. The minimum atomic E-state index is -1.73. The molecule has 0 aromatic carbocycles. The summed E-state index contributed by atoms with van der Waals surface area (Å²) in [5.41, 5.74) is 0. The summed E-state index contributed by atoms with van der Waals surface area (Å²) in [7, 11) is -1.73. The van der Waals surface area contributed by atoms with Crippen molar-refractivity contribution in [1.29, 1.82) is 0 Å². The highest BCUT2D eigenvalue weighted by molar-refractivity contribution is 6.74.